The first-order valence-corrected chi connectivity index (χ1v) is 9.78. The molecule has 1 aliphatic rings. The molecule has 2 aromatic rings. The van der Waals surface area contributed by atoms with Crippen molar-refractivity contribution in [2.75, 3.05) is 6.54 Å². The third-order valence-electron chi connectivity index (χ3n) is 5.21. The normalized spacial score (nSPS) is 15.7. The van der Waals surface area contributed by atoms with Crippen LogP contribution in [0.15, 0.2) is 54.6 Å². The summed E-state index contributed by atoms with van der Waals surface area (Å²) in [5.74, 6) is -0.413. The van der Waals surface area contributed by atoms with Gasteiger partial charge in [-0.2, -0.15) is 0 Å². The second-order valence-corrected chi connectivity index (χ2v) is 8.01. The zero-order valence-corrected chi connectivity index (χ0v) is 16.4. The minimum absolute atomic E-state index is 0.132. The molecule has 148 valence electrons. The van der Waals surface area contributed by atoms with Crippen LogP contribution in [-0.4, -0.2) is 18.4 Å². The Morgan fingerprint density at radius 1 is 1.04 bits per heavy atom. The molecule has 1 aliphatic carbocycles. The van der Waals surface area contributed by atoms with Crippen molar-refractivity contribution in [2.24, 2.45) is 5.92 Å². The molecule has 5 heteroatoms. The van der Waals surface area contributed by atoms with E-state index in [1.807, 2.05) is 44.2 Å². The minimum atomic E-state index is -0.725. The highest BCUT2D eigenvalue weighted by Gasteiger charge is 2.44. The van der Waals surface area contributed by atoms with Crippen molar-refractivity contribution in [2.45, 2.75) is 44.6 Å². The van der Waals surface area contributed by atoms with Gasteiger partial charge in [-0.15, -0.1) is 0 Å². The van der Waals surface area contributed by atoms with Gasteiger partial charge >= 0.3 is 0 Å². The van der Waals surface area contributed by atoms with Gasteiger partial charge in [0.15, 0.2) is 0 Å². The molecule has 2 aromatic carbocycles. The molecule has 4 nitrogen and oxygen atoms in total. The molecular weight excluding hydrogens is 355 g/mol. The van der Waals surface area contributed by atoms with E-state index in [-0.39, 0.29) is 29.0 Å². The Morgan fingerprint density at radius 3 is 2.25 bits per heavy atom. The zero-order chi connectivity index (χ0) is 20.1. The van der Waals surface area contributed by atoms with Crippen LogP contribution in [0.5, 0.6) is 0 Å². The van der Waals surface area contributed by atoms with E-state index < -0.39 is 6.04 Å². The summed E-state index contributed by atoms with van der Waals surface area (Å²) in [5.41, 5.74) is 1.66. The number of hydrogen-bond donors (Lipinski definition) is 2. The van der Waals surface area contributed by atoms with E-state index in [2.05, 4.69) is 10.6 Å². The van der Waals surface area contributed by atoms with E-state index >= 15 is 0 Å². The van der Waals surface area contributed by atoms with Crippen molar-refractivity contribution in [1.29, 1.82) is 0 Å². The molecular formula is C23H27FN2O2. The van der Waals surface area contributed by atoms with E-state index in [4.69, 9.17) is 0 Å². The van der Waals surface area contributed by atoms with Gasteiger partial charge in [0.2, 0.25) is 11.8 Å². The maximum atomic E-state index is 13.2. The molecule has 1 atom stereocenters. The number of amides is 2. The first kappa shape index (κ1) is 20.1. The average Bonchev–Trinajstić information content (AvgIpc) is 3.46. The lowest BCUT2D eigenvalue weighted by molar-refractivity contribution is -0.129. The van der Waals surface area contributed by atoms with Crippen molar-refractivity contribution in [3.8, 4) is 0 Å². The first-order valence-electron chi connectivity index (χ1n) is 9.78. The molecule has 1 saturated carbocycles. The highest BCUT2D eigenvalue weighted by molar-refractivity contribution is 5.88. The van der Waals surface area contributed by atoms with E-state index in [1.165, 1.54) is 12.1 Å². The maximum Gasteiger partial charge on any atom is 0.247 e. The van der Waals surface area contributed by atoms with Crippen LogP contribution in [0.4, 0.5) is 4.39 Å². The molecule has 0 aromatic heterocycles. The second-order valence-electron chi connectivity index (χ2n) is 8.01. The molecule has 2 amide bonds. The van der Waals surface area contributed by atoms with E-state index in [0.717, 1.165) is 24.0 Å². The Hall–Kier alpha value is -2.69. The summed E-state index contributed by atoms with van der Waals surface area (Å²) in [5, 5.41) is 5.88. The average molecular weight is 382 g/mol. The molecule has 0 bridgehead atoms. The number of carbonyl (C=O) groups excluding carboxylic acids is 2. The molecule has 0 heterocycles. The highest BCUT2D eigenvalue weighted by Crippen LogP contribution is 2.47. The summed E-state index contributed by atoms with van der Waals surface area (Å²) in [6, 6.07) is 15.0. The molecule has 1 fully saturated rings. The first-order chi connectivity index (χ1) is 13.4. The SMILES string of the molecule is CC(C)CC(=O)NC(C(=O)NCC1(c2ccc(F)cc2)CC1)c1ccccc1. The molecule has 2 N–H and O–H groups in total. The Balaban J connectivity index is 1.69. The van der Waals surface area contributed by atoms with Crippen LogP contribution < -0.4 is 10.6 Å². The number of carbonyl (C=O) groups is 2. The highest BCUT2D eigenvalue weighted by atomic mass is 19.1. The number of nitrogens with one attached hydrogen (secondary N) is 2. The molecule has 3 rings (SSSR count). The largest absolute Gasteiger partial charge is 0.353 e. The van der Waals surface area contributed by atoms with Gasteiger partial charge in [-0.05, 0) is 42.0 Å². The monoisotopic (exact) mass is 382 g/mol. The molecule has 0 spiro atoms. The quantitative estimate of drug-likeness (QED) is 0.728. The smallest absolute Gasteiger partial charge is 0.247 e. The standard InChI is InChI=1S/C23H27FN2O2/c1-16(2)14-20(27)26-21(17-6-4-3-5-7-17)22(28)25-15-23(12-13-23)18-8-10-19(24)11-9-18/h3-11,16,21H,12-15H2,1-2H3,(H,25,28)(H,26,27). The third-order valence-corrected chi connectivity index (χ3v) is 5.21. The Morgan fingerprint density at radius 2 is 1.68 bits per heavy atom. The fourth-order valence-corrected chi connectivity index (χ4v) is 3.42. The summed E-state index contributed by atoms with van der Waals surface area (Å²) >= 11 is 0. The zero-order valence-electron chi connectivity index (χ0n) is 16.4. The predicted molar refractivity (Wildman–Crippen MR) is 107 cm³/mol. The Kier molecular flexibility index (Phi) is 6.12. The molecule has 28 heavy (non-hydrogen) atoms. The van der Waals surface area contributed by atoms with Gasteiger partial charge < -0.3 is 10.6 Å². The predicted octanol–water partition coefficient (Wildman–Crippen LogP) is 3.88. The number of halogens is 1. The van der Waals surface area contributed by atoms with Crippen LogP contribution in [0.2, 0.25) is 0 Å². The fourth-order valence-electron chi connectivity index (χ4n) is 3.42. The lowest BCUT2D eigenvalue weighted by Gasteiger charge is -2.22. The molecule has 0 aliphatic heterocycles. The Labute approximate surface area is 165 Å². The maximum absolute atomic E-state index is 13.2. The van der Waals surface area contributed by atoms with Crippen molar-refractivity contribution in [3.63, 3.8) is 0 Å². The van der Waals surface area contributed by atoms with Crippen molar-refractivity contribution in [1.82, 2.24) is 10.6 Å². The summed E-state index contributed by atoms with van der Waals surface area (Å²) in [7, 11) is 0. The van der Waals surface area contributed by atoms with Crippen LogP contribution in [0.25, 0.3) is 0 Å². The van der Waals surface area contributed by atoms with Gasteiger partial charge in [0, 0.05) is 18.4 Å². The van der Waals surface area contributed by atoms with Gasteiger partial charge in [-0.3, -0.25) is 9.59 Å². The topological polar surface area (TPSA) is 58.2 Å². The van der Waals surface area contributed by atoms with Gasteiger partial charge in [-0.1, -0.05) is 56.3 Å². The fraction of sp³-hybridized carbons (Fsp3) is 0.391. The van der Waals surface area contributed by atoms with Crippen LogP contribution in [0.1, 0.15) is 50.3 Å². The van der Waals surface area contributed by atoms with Crippen LogP contribution in [0, 0.1) is 11.7 Å². The molecule has 0 radical (unpaired) electrons. The van der Waals surface area contributed by atoms with Crippen molar-refractivity contribution >= 4 is 11.8 Å². The van der Waals surface area contributed by atoms with Crippen molar-refractivity contribution in [3.05, 3.63) is 71.5 Å². The second kappa shape index (κ2) is 8.55. The lowest BCUT2D eigenvalue weighted by atomic mass is 9.95. The molecule has 1 unspecified atom stereocenters. The summed E-state index contributed by atoms with van der Waals surface area (Å²) in [6.45, 7) is 4.41. The summed E-state index contributed by atoms with van der Waals surface area (Å²) in [6.07, 6.45) is 2.28. The number of benzene rings is 2. The summed E-state index contributed by atoms with van der Waals surface area (Å²) in [4.78, 5) is 25.2. The Bertz CT molecular complexity index is 814. The van der Waals surface area contributed by atoms with Crippen LogP contribution in [-0.2, 0) is 15.0 Å². The van der Waals surface area contributed by atoms with Crippen molar-refractivity contribution < 1.29 is 14.0 Å². The van der Waals surface area contributed by atoms with Crippen LogP contribution >= 0.6 is 0 Å². The van der Waals surface area contributed by atoms with Gasteiger partial charge in [0.05, 0.1) is 0 Å². The van der Waals surface area contributed by atoms with Gasteiger partial charge in [0.25, 0.3) is 0 Å². The number of hydrogen-bond acceptors (Lipinski definition) is 2. The van der Waals surface area contributed by atoms with Gasteiger partial charge in [0.1, 0.15) is 11.9 Å². The van der Waals surface area contributed by atoms with E-state index in [1.54, 1.807) is 12.1 Å². The van der Waals surface area contributed by atoms with Crippen LogP contribution in [0.3, 0.4) is 0 Å². The third kappa shape index (κ3) is 4.97. The number of rotatable bonds is 8. The minimum Gasteiger partial charge on any atom is -0.353 e. The molecule has 0 saturated heterocycles. The van der Waals surface area contributed by atoms with E-state index in [0.29, 0.717) is 13.0 Å². The lowest BCUT2D eigenvalue weighted by Crippen LogP contribution is -2.43. The summed E-state index contributed by atoms with van der Waals surface area (Å²) < 4.78 is 13.2. The van der Waals surface area contributed by atoms with Gasteiger partial charge in [-0.25, -0.2) is 4.39 Å². The van der Waals surface area contributed by atoms with E-state index in [9.17, 15) is 14.0 Å².